The number of allylic oxidation sites excluding steroid dienone is 2. The van der Waals surface area contributed by atoms with Gasteiger partial charge in [-0.2, -0.15) is 0 Å². The van der Waals surface area contributed by atoms with Crippen molar-refractivity contribution in [3.05, 3.63) is 36.7 Å². The topological polar surface area (TPSA) is 24.7 Å². The minimum Gasteiger partial charge on any atom is -0.267 e. The fourth-order valence-corrected chi connectivity index (χ4v) is 0.615. The molecule has 2 nitrogen and oxygen atoms in total. The Morgan fingerprint density at radius 3 is 2.31 bits per heavy atom. The van der Waals surface area contributed by atoms with Crippen LogP contribution in [0.5, 0.6) is 0 Å². The van der Waals surface area contributed by atoms with Gasteiger partial charge in [-0.3, -0.25) is 9.98 Å². The van der Waals surface area contributed by atoms with Crippen LogP contribution < -0.4 is 0 Å². The first-order valence-corrected chi connectivity index (χ1v) is 4.13. The van der Waals surface area contributed by atoms with Gasteiger partial charge in [-0.15, -0.1) is 0 Å². The molecule has 0 radical (unpaired) electrons. The van der Waals surface area contributed by atoms with Crippen LogP contribution in [0, 0.1) is 0 Å². The fraction of sp³-hybridized carbons (Fsp3) is 0.273. The molecule has 0 aliphatic carbocycles. The summed E-state index contributed by atoms with van der Waals surface area (Å²) in [6.07, 6.45) is 5.10. The predicted octanol–water partition coefficient (Wildman–Crippen LogP) is 3.14. The standard InChI is InChI=1S/C11H16N2/c1-6-10(5)13-11(9(3)4)8-12-7-2/h6-8H,1,3H2,2,4-5H3/b11-8+,12-7-,13-10-. The van der Waals surface area contributed by atoms with Gasteiger partial charge in [-0.05, 0) is 32.4 Å². The molecule has 0 unspecified atom stereocenters. The fourth-order valence-electron chi connectivity index (χ4n) is 0.615. The average Bonchev–Trinajstić information content (AvgIpc) is 2.11. The first-order valence-electron chi connectivity index (χ1n) is 4.13. The van der Waals surface area contributed by atoms with Gasteiger partial charge in [0, 0.05) is 11.9 Å². The highest BCUT2D eigenvalue weighted by atomic mass is 14.8. The molecule has 0 bridgehead atoms. The highest BCUT2D eigenvalue weighted by molar-refractivity contribution is 5.93. The molecular formula is C11H16N2. The van der Waals surface area contributed by atoms with E-state index in [1.54, 1.807) is 18.5 Å². The molecule has 70 valence electrons. The van der Waals surface area contributed by atoms with Crippen LogP contribution in [-0.4, -0.2) is 11.9 Å². The molecular weight excluding hydrogens is 160 g/mol. The highest BCUT2D eigenvalue weighted by Crippen LogP contribution is 2.08. The number of aliphatic imine (C=N–C) groups is 2. The Bertz CT molecular complexity index is 280. The van der Waals surface area contributed by atoms with Gasteiger partial charge >= 0.3 is 0 Å². The van der Waals surface area contributed by atoms with Crippen molar-refractivity contribution in [3.63, 3.8) is 0 Å². The van der Waals surface area contributed by atoms with E-state index in [1.165, 1.54) is 0 Å². The summed E-state index contributed by atoms with van der Waals surface area (Å²) in [5, 5.41) is 0. The first-order chi connectivity index (χ1) is 6.11. The summed E-state index contributed by atoms with van der Waals surface area (Å²) in [5.74, 6) is 0. The van der Waals surface area contributed by atoms with Crippen LogP contribution in [0.25, 0.3) is 0 Å². The Hall–Kier alpha value is -1.44. The lowest BCUT2D eigenvalue weighted by Crippen LogP contribution is -1.87. The number of rotatable bonds is 4. The maximum absolute atomic E-state index is 4.28. The van der Waals surface area contributed by atoms with Crippen LogP contribution in [0.3, 0.4) is 0 Å². The van der Waals surface area contributed by atoms with Crippen LogP contribution in [0.1, 0.15) is 20.8 Å². The van der Waals surface area contributed by atoms with Gasteiger partial charge in [0.25, 0.3) is 0 Å². The summed E-state index contributed by atoms with van der Waals surface area (Å²) in [4.78, 5) is 8.27. The third-order valence-electron chi connectivity index (χ3n) is 1.38. The van der Waals surface area contributed by atoms with Crippen molar-refractivity contribution in [2.75, 3.05) is 0 Å². The van der Waals surface area contributed by atoms with Crippen LogP contribution in [0.2, 0.25) is 0 Å². The Morgan fingerprint density at radius 1 is 1.31 bits per heavy atom. The Labute approximate surface area is 80.1 Å². The van der Waals surface area contributed by atoms with Crippen molar-refractivity contribution in [1.29, 1.82) is 0 Å². The molecule has 0 aromatic carbocycles. The SMILES string of the molecule is C=C\C(C)=N/C(=C/N=C\C)C(=C)C. The second-order valence-corrected chi connectivity index (χ2v) is 2.66. The quantitative estimate of drug-likeness (QED) is 0.464. The maximum atomic E-state index is 4.28. The molecule has 0 heterocycles. The Kier molecular flexibility index (Phi) is 5.44. The van der Waals surface area contributed by atoms with E-state index >= 15 is 0 Å². The van der Waals surface area contributed by atoms with E-state index in [1.807, 2.05) is 20.8 Å². The highest BCUT2D eigenvalue weighted by Gasteiger charge is 1.94. The van der Waals surface area contributed by atoms with Crippen molar-refractivity contribution in [3.8, 4) is 0 Å². The van der Waals surface area contributed by atoms with Gasteiger partial charge in [-0.25, -0.2) is 0 Å². The van der Waals surface area contributed by atoms with Crippen molar-refractivity contribution >= 4 is 11.9 Å². The monoisotopic (exact) mass is 176 g/mol. The summed E-state index contributed by atoms with van der Waals surface area (Å²) >= 11 is 0. The zero-order valence-electron chi connectivity index (χ0n) is 8.54. The summed E-state index contributed by atoms with van der Waals surface area (Å²) in [6.45, 7) is 13.1. The number of hydrogen-bond donors (Lipinski definition) is 0. The molecule has 0 aromatic heterocycles. The van der Waals surface area contributed by atoms with E-state index in [2.05, 4.69) is 23.1 Å². The smallest absolute Gasteiger partial charge is 0.0838 e. The number of nitrogens with zero attached hydrogens (tertiary/aromatic N) is 2. The third kappa shape index (κ3) is 4.90. The maximum Gasteiger partial charge on any atom is 0.0838 e. The molecule has 0 saturated carbocycles. The van der Waals surface area contributed by atoms with E-state index in [4.69, 9.17) is 0 Å². The van der Waals surface area contributed by atoms with Gasteiger partial charge in [0.2, 0.25) is 0 Å². The summed E-state index contributed by atoms with van der Waals surface area (Å²) < 4.78 is 0. The van der Waals surface area contributed by atoms with Gasteiger partial charge < -0.3 is 0 Å². The Morgan fingerprint density at radius 2 is 1.92 bits per heavy atom. The van der Waals surface area contributed by atoms with E-state index in [-0.39, 0.29) is 0 Å². The second kappa shape index (κ2) is 6.12. The van der Waals surface area contributed by atoms with Gasteiger partial charge in [0.1, 0.15) is 0 Å². The number of hydrogen-bond acceptors (Lipinski definition) is 2. The van der Waals surface area contributed by atoms with Gasteiger partial charge in [-0.1, -0.05) is 13.2 Å². The zero-order chi connectivity index (χ0) is 10.3. The van der Waals surface area contributed by atoms with Crippen LogP contribution >= 0.6 is 0 Å². The summed E-state index contributed by atoms with van der Waals surface area (Å²) in [6, 6.07) is 0. The minimum atomic E-state index is 0.788. The van der Waals surface area contributed by atoms with Crippen LogP contribution in [-0.2, 0) is 0 Å². The molecule has 0 rings (SSSR count). The summed E-state index contributed by atoms with van der Waals surface area (Å²) in [7, 11) is 0. The normalized spacial score (nSPS) is 13.5. The molecule has 0 amide bonds. The van der Waals surface area contributed by atoms with E-state index in [0.717, 1.165) is 17.0 Å². The summed E-state index contributed by atoms with van der Waals surface area (Å²) in [5.41, 5.74) is 2.54. The third-order valence-corrected chi connectivity index (χ3v) is 1.38. The predicted molar refractivity (Wildman–Crippen MR) is 60.4 cm³/mol. The second-order valence-electron chi connectivity index (χ2n) is 2.66. The molecule has 0 aromatic rings. The molecule has 0 aliphatic heterocycles. The van der Waals surface area contributed by atoms with Crippen molar-refractivity contribution < 1.29 is 0 Å². The lowest BCUT2D eigenvalue weighted by molar-refractivity contribution is 1.26. The van der Waals surface area contributed by atoms with Crippen molar-refractivity contribution in [2.45, 2.75) is 20.8 Å². The molecule has 13 heavy (non-hydrogen) atoms. The molecule has 0 atom stereocenters. The largest absolute Gasteiger partial charge is 0.267 e. The minimum absolute atomic E-state index is 0.788. The molecule has 0 N–H and O–H groups in total. The Balaban J connectivity index is 4.83. The average molecular weight is 176 g/mol. The van der Waals surface area contributed by atoms with E-state index < -0.39 is 0 Å². The molecule has 2 heteroatoms. The van der Waals surface area contributed by atoms with E-state index in [0.29, 0.717) is 0 Å². The van der Waals surface area contributed by atoms with Gasteiger partial charge in [0.05, 0.1) is 11.9 Å². The zero-order valence-corrected chi connectivity index (χ0v) is 8.54. The van der Waals surface area contributed by atoms with Crippen LogP contribution in [0.15, 0.2) is 46.7 Å². The molecule has 0 saturated heterocycles. The molecule has 0 spiro atoms. The lowest BCUT2D eigenvalue weighted by Gasteiger charge is -1.99. The van der Waals surface area contributed by atoms with Gasteiger partial charge in [0.15, 0.2) is 0 Å². The van der Waals surface area contributed by atoms with E-state index in [9.17, 15) is 0 Å². The molecule has 0 fully saturated rings. The van der Waals surface area contributed by atoms with Crippen molar-refractivity contribution in [1.82, 2.24) is 0 Å². The first kappa shape index (κ1) is 11.6. The lowest BCUT2D eigenvalue weighted by atomic mass is 10.2. The van der Waals surface area contributed by atoms with Crippen LogP contribution in [0.4, 0.5) is 0 Å². The van der Waals surface area contributed by atoms with Crippen molar-refractivity contribution in [2.24, 2.45) is 9.98 Å². The molecule has 0 aliphatic rings.